The summed E-state index contributed by atoms with van der Waals surface area (Å²) in [7, 11) is 0. The van der Waals surface area contributed by atoms with Gasteiger partial charge in [0, 0.05) is 23.7 Å². The standard InChI is InChI=1S/C13H16F3N/c14-9-7-12(15)11(13(16)8-9)3-1-2-6-17-10-4-5-10/h7-8,10,17H,1-6H2. The van der Waals surface area contributed by atoms with Crippen LogP contribution in [-0.4, -0.2) is 12.6 Å². The molecule has 0 unspecified atom stereocenters. The number of rotatable bonds is 6. The van der Waals surface area contributed by atoms with Crippen molar-refractivity contribution in [2.24, 2.45) is 0 Å². The van der Waals surface area contributed by atoms with Gasteiger partial charge in [-0.25, -0.2) is 13.2 Å². The number of unbranched alkanes of at least 4 members (excludes halogenated alkanes) is 1. The molecule has 1 aliphatic rings. The summed E-state index contributed by atoms with van der Waals surface area (Å²) in [6, 6.07) is 2.14. The van der Waals surface area contributed by atoms with Crippen molar-refractivity contribution in [2.45, 2.75) is 38.1 Å². The third kappa shape index (κ3) is 3.73. The van der Waals surface area contributed by atoms with Gasteiger partial charge in [0.2, 0.25) is 0 Å². The van der Waals surface area contributed by atoms with Crippen LogP contribution >= 0.6 is 0 Å². The summed E-state index contributed by atoms with van der Waals surface area (Å²) < 4.78 is 39.2. The molecule has 0 heterocycles. The zero-order valence-electron chi connectivity index (χ0n) is 9.61. The van der Waals surface area contributed by atoms with Gasteiger partial charge in [0.1, 0.15) is 17.5 Å². The molecular weight excluding hydrogens is 227 g/mol. The van der Waals surface area contributed by atoms with Crippen LogP contribution in [-0.2, 0) is 6.42 Å². The zero-order chi connectivity index (χ0) is 12.3. The summed E-state index contributed by atoms with van der Waals surface area (Å²) in [6.45, 7) is 0.884. The molecule has 0 aliphatic heterocycles. The molecule has 1 nitrogen and oxygen atoms in total. The van der Waals surface area contributed by atoms with Gasteiger partial charge in [-0.3, -0.25) is 0 Å². The van der Waals surface area contributed by atoms with E-state index in [1.54, 1.807) is 0 Å². The summed E-state index contributed by atoms with van der Waals surface area (Å²) in [5.41, 5.74) is -0.00202. The van der Waals surface area contributed by atoms with Crippen LogP contribution in [0.3, 0.4) is 0 Å². The lowest BCUT2D eigenvalue weighted by atomic mass is 10.1. The quantitative estimate of drug-likeness (QED) is 0.757. The van der Waals surface area contributed by atoms with Crippen LogP contribution in [0.25, 0.3) is 0 Å². The lowest BCUT2D eigenvalue weighted by Crippen LogP contribution is -2.17. The molecule has 0 amide bonds. The maximum atomic E-state index is 13.3. The number of hydrogen-bond acceptors (Lipinski definition) is 1. The van der Waals surface area contributed by atoms with Gasteiger partial charge in [0.25, 0.3) is 0 Å². The van der Waals surface area contributed by atoms with Crippen molar-refractivity contribution < 1.29 is 13.2 Å². The predicted molar refractivity (Wildman–Crippen MR) is 60.3 cm³/mol. The normalized spacial score (nSPS) is 15.2. The molecule has 1 saturated carbocycles. The van der Waals surface area contributed by atoms with E-state index in [1.165, 1.54) is 12.8 Å². The van der Waals surface area contributed by atoms with Gasteiger partial charge in [-0.05, 0) is 38.6 Å². The molecule has 0 saturated heterocycles. The van der Waals surface area contributed by atoms with Crippen molar-refractivity contribution in [3.63, 3.8) is 0 Å². The second kappa shape index (κ2) is 5.54. The summed E-state index contributed by atoms with van der Waals surface area (Å²) in [5, 5.41) is 3.33. The fourth-order valence-electron chi connectivity index (χ4n) is 1.83. The highest BCUT2D eigenvalue weighted by atomic mass is 19.1. The monoisotopic (exact) mass is 243 g/mol. The highest BCUT2D eigenvalue weighted by Crippen LogP contribution is 2.19. The van der Waals surface area contributed by atoms with E-state index in [0.717, 1.165) is 25.1 Å². The number of benzene rings is 1. The maximum absolute atomic E-state index is 13.3. The van der Waals surface area contributed by atoms with Gasteiger partial charge in [-0.15, -0.1) is 0 Å². The van der Waals surface area contributed by atoms with E-state index in [4.69, 9.17) is 0 Å². The Balaban J connectivity index is 1.77. The molecule has 2 rings (SSSR count). The summed E-state index contributed by atoms with van der Waals surface area (Å²) in [4.78, 5) is 0. The van der Waals surface area contributed by atoms with E-state index in [9.17, 15) is 13.2 Å². The molecule has 17 heavy (non-hydrogen) atoms. The van der Waals surface area contributed by atoms with Crippen LogP contribution in [0, 0.1) is 17.5 Å². The van der Waals surface area contributed by atoms with Crippen LogP contribution in [0.2, 0.25) is 0 Å². The Morgan fingerprint density at radius 2 is 1.71 bits per heavy atom. The lowest BCUT2D eigenvalue weighted by Gasteiger charge is -2.06. The Morgan fingerprint density at radius 1 is 1.06 bits per heavy atom. The average Bonchev–Trinajstić information content (AvgIpc) is 3.04. The molecule has 0 atom stereocenters. The molecule has 1 aliphatic carbocycles. The molecule has 0 bridgehead atoms. The van der Waals surface area contributed by atoms with Gasteiger partial charge < -0.3 is 5.32 Å². The second-order valence-corrected chi connectivity index (χ2v) is 4.53. The lowest BCUT2D eigenvalue weighted by molar-refractivity contribution is 0.515. The zero-order valence-corrected chi connectivity index (χ0v) is 9.61. The van der Waals surface area contributed by atoms with Crippen LogP contribution in [0.4, 0.5) is 13.2 Å². The van der Waals surface area contributed by atoms with Crippen molar-refractivity contribution in [3.05, 3.63) is 35.1 Å². The fraction of sp³-hybridized carbons (Fsp3) is 0.538. The molecular formula is C13H16F3N. The summed E-state index contributed by atoms with van der Waals surface area (Å²) in [6.07, 6.45) is 4.39. The first-order chi connectivity index (χ1) is 8.16. The minimum atomic E-state index is -0.862. The SMILES string of the molecule is Fc1cc(F)c(CCCCNC2CC2)c(F)c1. The molecule has 94 valence electrons. The minimum absolute atomic E-state index is 0.00202. The molecule has 1 fully saturated rings. The van der Waals surface area contributed by atoms with Gasteiger partial charge in [-0.1, -0.05) is 0 Å². The van der Waals surface area contributed by atoms with Crippen molar-refractivity contribution in [2.75, 3.05) is 6.54 Å². The van der Waals surface area contributed by atoms with Crippen LogP contribution < -0.4 is 5.32 Å². The first-order valence-electron chi connectivity index (χ1n) is 6.03. The van der Waals surface area contributed by atoms with Crippen LogP contribution in [0.1, 0.15) is 31.2 Å². The molecule has 4 heteroatoms. The van der Waals surface area contributed by atoms with E-state index < -0.39 is 17.5 Å². The Bertz CT molecular complexity index is 365. The predicted octanol–water partition coefficient (Wildman–Crippen LogP) is 3.18. The van der Waals surface area contributed by atoms with Gasteiger partial charge >= 0.3 is 0 Å². The summed E-state index contributed by atoms with van der Waals surface area (Å²) >= 11 is 0. The van der Waals surface area contributed by atoms with Gasteiger partial charge in [-0.2, -0.15) is 0 Å². The number of halogens is 3. The first-order valence-corrected chi connectivity index (χ1v) is 6.03. The van der Waals surface area contributed by atoms with E-state index in [-0.39, 0.29) is 5.56 Å². The molecule has 1 aromatic rings. The fourth-order valence-corrected chi connectivity index (χ4v) is 1.83. The maximum Gasteiger partial charge on any atom is 0.132 e. The van der Waals surface area contributed by atoms with Gasteiger partial charge in [0.05, 0.1) is 0 Å². The second-order valence-electron chi connectivity index (χ2n) is 4.53. The van der Waals surface area contributed by atoms with Crippen LogP contribution in [0.5, 0.6) is 0 Å². The van der Waals surface area contributed by atoms with Crippen molar-refractivity contribution in [1.82, 2.24) is 5.32 Å². The molecule has 0 spiro atoms. The minimum Gasteiger partial charge on any atom is -0.314 e. The van der Waals surface area contributed by atoms with Crippen molar-refractivity contribution >= 4 is 0 Å². The van der Waals surface area contributed by atoms with Crippen molar-refractivity contribution in [1.29, 1.82) is 0 Å². The Kier molecular flexibility index (Phi) is 4.05. The average molecular weight is 243 g/mol. The third-order valence-electron chi connectivity index (χ3n) is 2.97. The highest BCUT2D eigenvalue weighted by Gasteiger charge is 2.19. The van der Waals surface area contributed by atoms with E-state index in [2.05, 4.69) is 5.32 Å². The molecule has 0 aromatic heterocycles. The Morgan fingerprint density at radius 3 is 2.29 bits per heavy atom. The Labute approximate surface area is 99.0 Å². The Hall–Kier alpha value is -1.03. The summed E-state index contributed by atoms with van der Waals surface area (Å²) in [5.74, 6) is -2.42. The largest absolute Gasteiger partial charge is 0.314 e. The van der Waals surface area contributed by atoms with Crippen molar-refractivity contribution in [3.8, 4) is 0 Å². The third-order valence-corrected chi connectivity index (χ3v) is 2.97. The molecule has 1 aromatic carbocycles. The number of hydrogen-bond donors (Lipinski definition) is 1. The van der Waals surface area contributed by atoms with E-state index >= 15 is 0 Å². The highest BCUT2D eigenvalue weighted by molar-refractivity contribution is 5.20. The smallest absolute Gasteiger partial charge is 0.132 e. The first kappa shape index (κ1) is 12.4. The topological polar surface area (TPSA) is 12.0 Å². The van der Waals surface area contributed by atoms with Crippen LogP contribution in [0.15, 0.2) is 12.1 Å². The van der Waals surface area contributed by atoms with E-state index in [1.807, 2.05) is 0 Å². The molecule has 0 radical (unpaired) electrons. The van der Waals surface area contributed by atoms with E-state index in [0.29, 0.717) is 18.9 Å². The number of nitrogens with one attached hydrogen (secondary N) is 1. The molecule has 1 N–H and O–H groups in total. The van der Waals surface area contributed by atoms with Gasteiger partial charge in [0.15, 0.2) is 0 Å².